The fraction of sp³-hybridized carbons (Fsp3) is 0.941. The van der Waals surface area contributed by atoms with Crippen LogP contribution in [0, 0.1) is 5.92 Å². The van der Waals surface area contributed by atoms with Crippen LogP contribution in [0.15, 0.2) is 0 Å². The lowest BCUT2D eigenvalue weighted by Gasteiger charge is -2.44. The van der Waals surface area contributed by atoms with Crippen LogP contribution in [-0.2, 0) is 9.53 Å². The average Bonchev–Trinajstić information content (AvgIpc) is 2.64. The summed E-state index contributed by atoms with van der Waals surface area (Å²) in [5.41, 5.74) is -0.702. The normalized spacial score (nSPS) is 40.7. The maximum atomic E-state index is 12.7. The number of carbonyl (C=O) groups is 1. The summed E-state index contributed by atoms with van der Waals surface area (Å²) < 4.78 is 5.76. The first-order chi connectivity index (χ1) is 12.3. The van der Waals surface area contributed by atoms with Crippen molar-refractivity contribution in [1.82, 2.24) is 10.6 Å². The molecular formula is C17H31ClN2O5S. The van der Waals surface area contributed by atoms with E-state index in [9.17, 15) is 20.1 Å². The first-order valence-electron chi connectivity index (χ1n) is 9.20. The molecule has 5 N–H and O–H groups in total. The molecule has 0 aromatic heterocycles. The molecule has 0 aromatic carbocycles. The van der Waals surface area contributed by atoms with Crippen LogP contribution in [-0.4, -0.2) is 81.3 Å². The van der Waals surface area contributed by atoms with Gasteiger partial charge in [-0.2, -0.15) is 0 Å². The summed E-state index contributed by atoms with van der Waals surface area (Å²) >= 11 is 7.50. The van der Waals surface area contributed by atoms with Crippen molar-refractivity contribution in [2.75, 3.05) is 12.8 Å². The van der Waals surface area contributed by atoms with Crippen molar-refractivity contribution in [3.63, 3.8) is 0 Å². The molecular weight excluding hydrogens is 380 g/mol. The fourth-order valence-electron chi connectivity index (χ4n) is 3.58. The Bertz CT molecular complexity index is 462. The maximum absolute atomic E-state index is 12.7. The smallest absolute Gasteiger partial charge is 0.237 e. The first kappa shape index (κ1) is 22.2. The van der Waals surface area contributed by atoms with Crippen LogP contribution in [0.5, 0.6) is 0 Å². The molecule has 2 saturated heterocycles. The van der Waals surface area contributed by atoms with Gasteiger partial charge >= 0.3 is 0 Å². The van der Waals surface area contributed by atoms with Crippen molar-refractivity contribution in [2.24, 2.45) is 5.92 Å². The summed E-state index contributed by atoms with van der Waals surface area (Å²) in [4.78, 5) is 12.7. The predicted molar refractivity (Wildman–Crippen MR) is 102 cm³/mol. The summed E-state index contributed by atoms with van der Waals surface area (Å²) in [7, 11) is 0. The Morgan fingerprint density at radius 1 is 1.31 bits per heavy atom. The molecule has 2 aliphatic rings. The van der Waals surface area contributed by atoms with E-state index in [1.54, 1.807) is 13.2 Å². The molecule has 7 nitrogen and oxygen atoms in total. The highest BCUT2D eigenvalue weighted by Crippen LogP contribution is 2.30. The van der Waals surface area contributed by atoms with Gasteiger partial charge in [0.15, 0.2) is 0 Å². The van der Waals surface area contributed by atoms with Gasteiger partial charge in [0.1, 0.15) is 29.9 Å². The van der Waals surface area contributed by atoms with E-state index in [-0.39, 0.29) is 11.9 Å². The minimum atomic E-state index is -1.36. The zero-order chi connectivity index (χ0) is 19.4. The van der Waals surface area contributed by atoms with Crippen LogP contribution in [0.2, 0.25) is 0 Å². The van der Waals surface area contributed by atoms with E-state index >= 15 is 0 Å². The lowest BCUT2D eigenvalue weighted by Crippen LogP contribution is -2.65. The third-order valence-corrected chi connectivity index (χ3v) is 6.53. The number of carbonyl (C=O) groups excluding carboxylic acids is 1. The zero-order valence-corrected chi connectivity index (χ0v) is 17.0. The number of nitrogens with one attached hydrogen (secondary N) is 2. The van der Waals surface area contributed by atoms with Gasteiger partial charge in [-0.15, -0.1) is 23.4 Å². The zero-order valence-electron chi connectivity index (χ0n) is 15.5. The summed E-state index contributed by atoms with van der Waals surface area (Å²) in [6.45, 7) is 4.65. The van der Waals surface area contributed by atoms with Crippen LogP contribution in [0.4, 0.5) is 0 Å². The number of piperidine rings is 1. The SMILES string of the molecule is CC[C@H]1CC[C@@H](C(=O)NC(C(C)Cl)C2OC(SC)C(O)C(O)C2O)NC1. The van der Waals surface area contributed by atoms with Crippen molar-refractivity contribution in [2.45, 2.75) is 80.4 Å². The van der Waals surface area contributed by atoms with Crippen LogP contribution >= 0.6 is 23.4 Å². The fourth-order valence-corrected chi connectivity index (χ4v) is 4.46. The standard InChI is InChI=1S/C17H31ClN2O5S/c1-4-9-5-6-10(19-7-9)16(24)20-11(8(2)18)15-13(22)12(21)14(23)17(25-15)26-3/h8-15,17,19,21-23H,4-7H2,1-3H3,(H,20,24)/t8?,9-,10-,11?,12?,13?,14?,15?,17?/m0/s1. The second-order valence-electron chi connectivity index (χ2n) is 7.20. The van der Waals surface area contributed by atoms with Crippen LogP contribution in [0.1, 0.15) is 33.1 Å². The van der Waals surface area contributed by atoms with Gasteiger partial charge < -0.3 is 30.7 Å². The Balaban J connectivity index is 2.04. The number of hydrogen-bond donors (Lipinski definition) is 5. The van der Waals surface area contributed by atoms with Gasteiger partial charge in [0.25, 0.3) is 0 Å². The van der Waals surface area contributed by atoms with Crippen molar-refractivity contribution >= 4 is 29.3 Å². The van der Waals surface area contributed by atoms with E-state index in [1.807, 2.05) is 0 Å². The Morgan fingerprint density at radius 2 is 2.00 bits per heavy atom. The quantitative estimate of drug-likeness (QED) is 0.393. The third kappa shape index (κ3) is 5.04. The van der Waals surface area contributed by atoms with Crippen LogP contribution in [0.3, 0.4) is 0 Å². The molecule has 1 amide bonds. The molecule has 0 aromatic rings. The van der Waals surface area contributed by atoms with E-state index < -0.39 is 41.3 Å². The minimum Gasteiger partial charge on any atom is -0.388 e. The molecule has 0 bridgehead atoms. The van der Waals surface area contributed by atoms with Gasteiger partial charge in [-0.05, 0) is 38.5 Å². The number of aliphatic hydroxyl groups excluding tert-OH is 3. The molecule has 9 heteroatoms. The molecule has 0 aliphatic carbocycles. The monoisotopic (exact) mass is 410 g/mol. The number of aliphatic hydroxyl groups is 3. The molecule has 2 rings (SSSR count). The average molecular weight is 411 g/mol. The molecule has 2 fully saturated rings. The number of amides is 1. The van der Waals surface area contributed by atoms with E-state index in [2.05, 4.69) is 17.6 Å². The topological polar surface area (TPSA) is 111 Å². The highest BCUT2D eigenvalue weighted by molar-refractivity contribution is 7.99. The van der Waals surface area contributed by atoms with Gasteiger partial charge in [-0.25, -0.2) is 0 Å². The molecule has 0 radical (unpaired) electrons. The maximum Gasteiger partial charge on any atom is 0.237 e. The molecule has 0 spiro atoms. The van der Waals surface area contributed by atoms with Crippen molar-refractivity contribution in [1.29, 1.82) is 0 Å². The molecule has 2 aliphatic heterocycles. The second-order valence-corrected chi connectivity index (χ2v) is 8.83. The van der Waals surface area contributed by atoms with Crippen LogP contribution in [0.25, 0.3) is 0 Å². The number of ether oxygens (including phenoxy) is 1. The summed E-state index contributed by atoms with van der Waals surface area (Å²) in [5.74, 6) is 0.401. The first-order valence-corrected chi connectivity index (χ1v) is 10.9. The van der Waals surface area contributed by atoms with Gasteiger partial charge in [0.05, 0.1) is 17.5 Å². The summed E-state index contributed by atoms with van der Waals surface area (Å²) in [6, 6.07) is -0.995. The second kappa shape index (κ2) is 9.91. The van der Waals surface area contributed by atoms with Crippen molar-refractivity contribution in [3.8, 4) is 0 Å². The Labute approximate surface area is 164 Å². The van der Waals surface area contributed by atoms with E-state index in [1.165, 1.54) is 11.8 Å². The summed E-state index contributed by atoms with van der Waals surface area (Å²) in [6.07, 6.45) is -0.257. The lowest BCUT2D eigenvalue weighted by molar-refractivity contribution is -0.205. The van der Waals surface area contributed by atoms with Crippen molar-refractivity contribution in [3.05, 3.63) is 0 Å². The highest BCUT2D eigenvalue weighted by atomic mass is 35.5. The molecule has 2 heterocycles. The Morgan fingerprint density at radius 3 is 2.50 bits per heavy atom. The van der Waals surface area contributed by atoms with E-state index in [4.69, 9.17) is 16.3 Å². The van der Waals surface area contributed by atoms with E-state index in [0.29, 0.717) is 5.92 Å². The number of thioether (sulfide) groups is 1. The molecule has 0 saturated carbocycles. The number of hydrogen-bond acceptors (Lipinski definition) is 7. The number of alkyl halides is 1. The Hall–Kier alpha value is -0.0900. The van der Waals surface area contributed by atoms with E-state index in [0.717, 1.165) is 25.8 Å². The molecule has 26 heavy (non-hydrogen) atoms. The van der Waals surface area contributed by atoms with Gasteiger partial charge in [-0.1, -0.05) is 13.3 Å². The lowest BCUT2D eigenvalue weighted by atomic mass is 9.91. The minimum absolute atomic E-state index is 0.186. The molecule has 152 valence electrons. The molecule has 9 atom stereocenters. The third-order valence-electron chi connectivity index (χ3n) is 5.41. The van der Waals surface area contributed by atoms with Crippen molar-refractivity contribution < 1.29 is 24.9 Å². The highest BCUT2D eigenvalue weighted by Gasteiger charge is 2.48. The van der Waals surface area contributed by atoms with Crippen LogP contribution < -0.4 is 10.6 Å². The summed E-state index contributed by atoms with van der Waals surface area (Å²) in [5, 5.41) is 36.1. The van der Waals surface area contributed by atoms with Gasteiger partial charge in [0.2, 0.25) is 5.91 Å². The number of halogens is 1. The number of rotatable bonds is 6. The van der Waals surface area contributed by atoms with Gasteiger partial charge in [0, 0.05) is 0 Å². The van der Waals surface area contributed by atoms with Gasteiger partial charge in [-0.3, -0.25) is 4.79 Å². The molecule has 7 unspecified atom stereocenters. The Kier molecular flexibility index (Phi) is 8.46. The largest absolute Gasteiger partial charge is 0.388 e. The predicted octanol–water partition coefficient (Wildman–Crippen LogP) is 0.0473.